The van der Waals surface area contributed by atoms with Gasteiger partial charge in [0.2, 0.25) is 0 Å². The Kier molecular flexibility index (Phi) is 6.21. The molecule has 1 aromatic carbocycles. The second-order valence-electron chi connectivity index (χ2n) is 6.01. The van der Waals surface area contributed by atoms with Crippen molar-refractivity contribution >= 4 is 21.6 Å². The number of benzene rings is 1. The Labute approximate surface area is 138 Å². The number of amides is 2. The number of anilines is 1. The Hall–Kier alpha value is -1.82. The maximum atomic E-state index is 11.9. The minimum absolute atomic E-state index is 0.0295. The predicted octanol–water partition coefficient (Wildman–Crippen LogP) is 3.24. The maximum Gasteiger partial charge on any atom is 0.319 e. The van der Waals surface area contributed by atoms with E-state index in [9.17, 15) is 13.2 Å². The zero-order valence-corrected chi connectivity index (χ0v) is 14.3. The number of sulfone groups is 1. The predicted molar refractivity (Wildman–Crippen MR) is 93.2 cm³/mol. The van der Waals surface area contributed by atoms with Crippen molar-refractivity contribution in [1.82, 2.24) is 5.32 Å². The molecule has 0 unspecified atom stereocenters. The lowest BCUT2D eigenvalue weighted by Crippen LogP contribution is -2.29. The van der Waals surface area contributed by atoms with Gasteiger partial charge >= 0.3 is 6.03 Å². The zero-order valence-electron chi connectivity index (χ0n) is 13.5. The van der Waals surface area contributed by atoms with E-state index in [4.69, 9.17) is 0 Å². The van der Waals surface area contributed by atoms with Gasteiger partial charge in [-0.2, -0.15) is 0 Å². The third-order valence-electron chi connectivity index (χ3n) is 3.73. The molecule has 0 radical (unpaired) electrons. The van der Waals surface area contributed by atoms with Gasteiger partial charge < -0.3 is 10.6 Å². The van der Waals surface area contributed by atoms with E-state index in [2.05, 4.69) is 16.7 Å². The Morgan fingerprint density at radius 1 is 1.26 bits per heavy atom. The van der Waals surface area contributed by atoms with E-state index in [-0.39, 0.29) is 11.8 Å². The van der Waals surface area contributed by atoms with Crippen molar-refractivity contribution in [2.75, 3.05) is 18.1 Å². The van der Waals surface area contributed by atoms with Gasteiger partial charge in [-0.1, -0.05) is 23.8 Å². The van der Waals surface area contributed by atoms with Crippen LogP contribution >= 0.6 is 0 Å². The lowest BCUT2D eigenvalue weighted by atomic mass is 9.97. The fraction of sp³-hybridized carbons (Fsp3) is 0.471. The highest BCUT2D eigenvalue weighted by atomic mass is 32.2. The van der Waals surface area contributed by atoms with Gasteiger partial charge in [-0.15, -0.1) is 0 Å². The topological polar surface area (TPSA) is 75.3 Å². The lowest BCUT2D eigenvalue weighted by molar-refractivity contribution is 0.252. The standard InChI is InChI=1S/C17H24N2O3S/c1-23(21,22)13-15-8-5-9-16(12-15)19-17(20)18-11-10-14-6-3-2-4-7-14/h5-6,8-9,12H,2-4,7,10-11,13H2,1H3,(H2,18,19,20). The van der Waals surface area contributed by atoms with Crippen LogP contribution in [0.15, 0.2) is 35.9 Å². The molecule has 0 heterocycles. The van der Waals surface area contributed by atoms with E-state index in [1.165, 1.54) is 24.7 Å². The fourth-order valence-corrected chi connectivity index (χ4v) is 3.47. The lowest BCUT2D eigenvalue weighted by Gasteiger charge is -2.13. The van der Waals surface area contributed by atoms with Crippen LogP contribution in [-0.2, 0) is 15.6 Å². The van der Waals surface area contributed by atoms with Gasteiger partial charge in [-0.05, 0) is 49.8 Å². The molecule has 1 aromatic rings. The molecule has 2 N–H and O–H groups in total. The van der Waals surface area contributed by atoms with Crippen LogP contribution < -0.4 is 10.6 Å². The van der Waals surface area contributed by atoms with Crippen molar-refractivity contribution in [2.45, 2.75) is 37.9 Å². The summed E-state index contributed by atoms with van der Waals surface area (Å²) in [5.74, 6) is -0.0295. The molecule has 2 rings (SSSR count). The molecular weight excluding hydrogens is 312 g/mol. The van der Waals surface area contributed by atoms with Crippen molar-refractivity contribution in [3.05, 3.63) is 41.5 Å². The van der Waals surface area contributed by atoms with Crippen LogP contribution in [0.25, 0.3) is 0 Å². The van der Waals surface area contributed by atoms with Gasteiger partial charge in [-0.25, -0.2) is 13.2 Å². The summed E-state index contributed by atoms with van der Waals surface area (Å²) in [7, 11) is -3.08. The van der Waals surface area contributed by atoms with Crippen LogP contribution in [0, 0.1) is 0 Å². The molecule has 0 aliphatic heterocycles. The molecular formula is C17H24N2O3S. The van der Waals surface area contributed by atoms with Crippen molar-refractivity contribution in [2.24, 2.45) is 0 Å². The molecule has 0 saturated heterocycles. The molecule has 0 saturated carbocycles. The third kappa shape index (κ3) is 6.86. The summed E-state index contributed by atoms with van der Waals surface area (Å²) in [6.07, 6.45) is 9.15. The van der Waals surface area contributed by atoms with Crippen LogP contribution in [0.1, 0.15) is 37.7 Å². The van der Waals surface area contributed by atoms with Crippen LogP contribution in [0.5, 0.6) is 0 Å². The first-order chi connectivity index (χ1) is 10.9. The van der Waals surface area contributed by atoms with Gasteiger partial charge in [-0.3, -0.25) is 0 Å². The number of hydrogen-bond donors (Lipinski definition) is 2. The largest absolute Gasteiger partial charge is 0.338 e. The van der Waals surface area contributed by atoms with E-state index < -0.39 is 9.84 Å². The van der Waals surface area contributed by atoms with Crippen LogP contribution in [-0.4, -0.2) is 27.2 Å². The molecule has 0 aromatic heterocycles. The molecule has 6 heteroatoms. The second-order valence-corrected chi connectivity index (χ2v) is 8.15. The Balaban J connectivity index is 1.80. The van der Waals surface area contributed by atoms with Crippen LogP contribution in [0.2, 0.25) is 0 Å². The van der Waals surface area contributed by atoms with Crippen molar-refractivity contribution in [3.63, 3.8) is 0 Å². The van der Waals surface area contributed by atoms with Crippen molar-refractivity contribution < 1.29 is 13.2 Å². The smallest absolute Gasteiger partial charge is 0.319 e. The van der Waals surface area contributed by atoms with Gasteiger partial charge in [0, 0.05) is 18.5 Å². The molecule has 1 aliphatic rings. The summed E-state index contributed by atoms with van der Waals surface area (Å²) in [6.45, 7) is 0.612. The average molecular weight is 336 g/mol. The first-order valence-corrected chi connectivity index (χ1v) is 9.98. The van der Waals surface area contributed by atoms with E-state index in [0.29, 0.717) is 17.8 Å². The summed E-state index contributed by atoms with van der Waals surface area (Å²) < 4.78 is 22.6. The van der Waals surface area contributed by atoms with E-state index in [0.717, 1.165) is 19.3 Å². The highest BCUT2D eigenvalue weighted by Crippen LogP contribution is 2.19. The molecule has 23 heavy (non-hydrogen) atoms. The number of carbonyl (C=O) groups excluding carboxylic acids is 1. The monoisotopic (exact) mass is 336 g/mol. The van der Waals surface area contributed by atoms with Crippen molar-refractivity contribution in [3.8, 4) is 0 Å². The van der Waals surface area contributed by atoms with Gasteiger partial charge in [0.15, 0.2) is 9.84 Å². The number of hydrogen-bond acceptors (Lipinski definition) is 3. The summed E-state index contributed by atoms with van der Waals surface area (Å²) >= 11 is 0. The molecule has 0 bridgehead atoms. The Morgan fingerprint density at radius 3 is 2.78 bits per heavy atom. The normalized spacial score (nSPS) is 14.9. The summed E-state index contributed by atoms with van der Waals surface area (Å²) in [5.41, 5.74) is 2.69. The first kappa shape index (κ1) is 17.5. The second kappa shape index (κ2) is 8.15. The molecule has 0 spiro atoms. The average Bonchev–Trinajstić information content (AvgIpc) is 2.47. The number of nitrogens with one attached hydrogen (secondary N) is 2. The van der Waals surface area contributed by atoms with Gasteiger partial charge in [0.1, 0.15) is 0 Å². The SMILES string of the molecule is CS(=O)(=O)Cc1cccc(NC(=O)NCCC2=CCCCC2)c1. The van der Waals surface area contributed by atoms with E-state index in [1.807, 2.05) is 0 Å². The fourth-order valence-electron chi connectivity index (χ4n) is 2.69. The molecule has 126 valence electrons. The Morgan fingerprint density at radius 2 is 2.09 bits per heavy atom. The number of carbonyl (C=O) groups is 1. The minimum atomic E-state index is -3.08. The number of allylic oxidation sites excluding steroid dienone is 1. The van der Waals surface area contributed by atoms with Crippen molar-refractivity contribution in [1.29, 1.82) is 0 Å². The van der Waals surface area contributed by atoms with E-state index >= 15 is 0 Å². The van der Waals surface area contributed by atoms with Crippen LogP contribution in [0.3, 0.4) is 0 Å². The number of urea groups is 1. The quantitative estimate of drug-likeness (QED) is 0.783. The molecule has 1 aliphatic carbocycles. The number of rotatable bonds is 6. The summed E-state index contributed by atoms with van der Waals surface area (Å²) in [5, 5.41) is 5.58. The van der Waals surface area contributed by atoms with Crippen LogP contribution in [0.4, 0.5) is 10.5 Å². The molecule has 0 fully saturated rings. The minimum Gasteiger partial charge on any atom is -0.338 e. The Bertz CT molecular complexity index is 681. The summed E-state index contributed by atoms with van der Waals surface area (Å²) in [6, 6.07) is 6.64. The first-order valence-electron chi connectivity index (χ1n) is 7.92. The molecule has 2 amide bonds. The maximum absolute atomic E-state index is 11.9. The molecule has 5 nitrogen and oxygen atoms in total. The summed E-state index contributed by atoms with van der Waals surface area (Å²) in [4.78, 5) is 11.9. The van der Waals surface area contributed by atoms with Gasteiger partial charge in [0.05, 0.1) is 5.75 Å². The van der Waals surface area contributed by atoms with E-state index in [1.54, 1.807) is 24.3 Å². The highest BCUT2D eigenvalue weighted by molar-refractivity contribution is 7.89. The van der Waals surface area contributed by atoms with Gasteiger partial charge in [0.25, 0.3) is 0 Å². The highest BCUT2D eigenvalue weighted by Gasteiger charge is 2.07. The third-order valence-corrected chi connectivity index (χ3v) is 4.59. The molecule has 0 atom stereocenters. The zero-order chi connectivity index (χ0) is 16.7.